The minimum absolute atomic E-state index is 0.211. The molecule has 0 saturated carbocycles. The number of hydrogen-bond acceptors (Lipinski definition) is 5. The molecular weight excluding hydrogens is 364 g/mol. The summed E-state index contributed by atoms with van der Waals surface area (Å²) in [6, 6.07) is 18.6. The Hall–Kier alpha value is -3.41. The molecule has 1 aromatic heterocycles. The Kier molecular flexibility index (Phi) is 6.12. The van der Waals surface area contributed by atoms with Gasteiger partial charge in [0.2, 0.25) is 0 Å². The number of carbonyl (C=O) groups is 1. The van der Waals surface area contributed by atoms with E-state index in [1.807, 2.05) is 76.2 Å². The normalized spacial score (nSPS) is 11.0. The van der Waals surface area contributed by atoms with Crippen LogP contribution in [0.2, 0.25) is 0 Å². The van der Waals surface area contributed by atoms with Gasteiger partial charge in [-0.05, 0) is 39.8 Å². The quantitative estimate of drug-likeness (QED) is 0.619. The van der Waals surface area contributed by atoms with Crippen molar-refractivity contribution >= 4 is 17.4 Å². The Morgan fingerprint density at radius 3 is 2.38 bits per heavy atom. The monoisotopic (exact) mass is 390 g/mol. The Bertz CT molecular complexity index is 982. The van der Waals surface area contributed by atoms with Crippen LogP contribution in [0.1, 0.15) is 38.2 Å². The van der Waals surface area contributed by atoms with Crippen molar-refractivity contribution in [2.24, 2.45) is 0 Å². The van der Waals surface area contributed by atoms with E-state index in [-0.39, 0.29) is 17.1 Å². The first-order valence-electron chi connectivity index (χ1n) is 9.61. The van der Waals surface area contributed by atoms with Gasteiger partial charge in [0.1, 0.15) is 17.3 Å². The molecule has 0 unspecified atom stereocenters. The summed E-state index contributed by atoms with van der Waals surface area (Å²) in [6.45, 7) is 8.53. The van der Waals surface area contributed by atoms with E-state index in [1.165, 1.54) is 0 Å². The molecule has 2 aromatic carbocycles. The first-order valence-corrected chi connectivity index (χ1v) is 9.61. The molecule has 0 atom stereocenters. The van der Waals surface area contributed by atoms with Gasteiger partial charge in [-0.3, -0.25) is 4.79 Å². The lowest BCUT2D eigenvalue weighted by Crippen LogP contribution is -2.27. The molecule has 150 valence electrons. The zero-order valence-electron chi connectivity index (χ0n) is 17.2. The Morgan fingerprint density at radius 2 is 1.69 bits per heavy atom. The fourth-order valence-electron chi connectivity index (χ4n) is 2.77. The van der Waals surface area contributed by atoms with E-state index < -0.39 is 0 Å². The van der Waals surface area contributed by atoms with E-state index in [0.29, 0.717) is 29.7 Å². The van der Waals surface area contributed by atoms with E-state index in [4.69, 9.17) is 4.74 Å². The summed E-state index contributed by atoms with van der Waals surface area (Å²) in [5, 5.41) is 6.22. The van der Waals surface area contributed by atoms with Gasteiger partial charge in [-0.25, -0.2) is 9.97 Å². The third kappa shape index (κ3) is 5.54. The molecule has 29 heavy (non-hydrogen) atoms. The molecule has 1 heterocycles. The van der Waals surface area contributed by atoms with Crippen LogP contribution in [0.4, 0.5) is 11.5 Å². The fraction of sp³-hybridized carbons (Fsp3) is 0.261. The average molecular weight is 390 g/mol. The zero-order chi connectivity index (χ0) is 20.9. The van der Waals surface area contributed by atoms with E-state index in [9.17, 15) is 4.79 Å². The number of hydrogen-bond donors (Lipinski definition) is 2. The number of aromatic nitrogens is 2. The topological polar surface area (TPSA) is 76.1 Å². The fourth-order valence-corrected chi connectivity index (χ4v) is 2.77. The highest BCUT2D eigenvalue weighted by molar-refractivity contribution is 6.04. The van der Waals surface area contributed by atoms with Crippen LogP contribution in [0.25, 0.3) is 11.4 Å². The highest BCUT2D eigenvalue weighted by Crippen LogP contribution is 2.25. The SMILES string of the molecule is CCOc1ccccc1NC(=O)c1cc(NC(C)(C)C)nc(-c2ccccc2)n1. The highest BCUT2D eigenvalue weighted by atomic mass is 16.5. The van der Waals surface area contributed by atoms with Gasteiger partial charge in [-0.15, -0.1) is 0 Å². The van der Waals surface area contributed by atoms with Crippen molar-refractivity contribution in [3.8, 4) is 17.1 Å². The molecule has 0 aliphatic rings. The molecular formula is C23H26N4O2. The van der Waals surface area contributed by atoms with Crippen LogP contribution >= 0.6 is 0 Å². The summed E-state index contributed by atoms with van der Waals surface area (Å²) < 4.78 is 5.60. The molecule has 3 rings (SSSR count). The van der Waals surface area contributed by atoms with Gasteiger partial charge in [0.05, 0.1) is 12.3 Å². The maximum Gasteiger partial charge on any atom is 0.274 e. The minimum Gasteiger partial charge on any atom is -0.492 e. The molecule has 3 aromatic rings. The molecule has 0 spiro atoms. The second kappa shape index (κ2) is 8.73. The Labute approximate surface area is 171 Å². The molecule has 6 heteroatoms. The van der Waals surface area contributed by atoms with Crippen LogP contribution in [0.5, 0.6) is 5.75 Å². The highest BCUT2D eigenvalue weighted by Gasteiger charge is 2.17. The summed E-state index contributed by atoms with van der Waals surface area (Å²) in [5.41, 5.74) is 1.51. The summed E-state index contributed by atoms with van der Waals surface area (Å²) in [6.07, 6.45) is 0. The molecule has 0 fully saturated rings. The third-order valence-electron chi connectivity index (χ3n) is 3.93. The number of carbonyl (C=O) groups excluding carboxylic acids is 1. The molecule has 0 aliphatic heterocycles. The average Bonchev–Trinajstić information content (AvgIpc) is 2.69. The van der Waals surface area contributed by atoms with Crippen molar-refractivity contribution < 1.29 is 9.53 Å². The van der Waals surface area contributed by atoms with Gasteiger partial charge in [0, 0.05) is 17.2 Å². The van der Waals surface area contributed by atoms with Crippen LogP contribution in [0.3, 0.4) is 0 Å². The van der Waals surface area contributed by atoms with Crippen LogP contribution < -0.4 is 15.4 Å². The molecule has 6 nitrogen and oxygen atoms in total. The van der Waals surface area contributed by atoms with Crippen molar-refractivity contribution in [2.45, 2.75) is 33.2 Å². The first-order chi connectivity index (χ1) is 13.9. The minimum atomic E-state index is -0.325. The predicted octanol–water partition coefficient (Wildman–Crippen LogP) is 5.01. The maximum absolute atomic E-state index is 13.0. The zero-order valence-corrected chi connectivity index (χ0v) is 17.2. The van der Waals surface area contributed by atoms with Gasteiger partial charge >= 0.3 is 0 Å². The van der Waals surface area contributed by atoms with Gasteiger partial charge in [-0.2, -0.15) is 0 Å². The van der Waals surface area contributed by atoms with Crippen molar-refractivity contribution in [1.29, 1.82) is 0 Å². The van der Waals surface area contributed by atoms with Crippen molar-refractivity contribution in [1.82, 2.24) is 9.97 Å². The van der Waals surface area contributed by atoms with E-state index >= 15 is 0 Å². The number of anilines is 2. The number of benzene rings is 2. The van der Waals surface area contributed by atoms with Crippen LogP contribution in [-0.4, -0.2) is 28.0 Å². The lowest BCUT2D eigenvalue weighted by atomic mass is 10.1. The number of nitrogens with one attached hydrogen (secondary N) is 2. The molecule has 0 bridgehead atoms. The second-order valence-corrected chi connectivity index (χ2v) is 7.59. The van der Waals surface area contributed by atoms with Crippen molar-refractivity contribution in [3.05, 3.63) is 66.4 Å². The predicted molar refractivity (Wildman–Crippen MR) is 116 cm³/mol. The van der Waals surface area contributed by atoms with Gasteiger partial charge < -0.3 is 15.4 Å². The molecule has 2 N–H and O–H groups in total. The van der Waals surface area contributed by atoms with Crippen molar-refractivity contribution in [2.75, 3.05) is 17.2 Å². The van der Waals surface area contributed by atoms with Gasteiger partial charge in [-0.1, -0.05) is 42.5 Å². The molecule has 0 aliphatic carbocycles. The first kappa shape index (κ1) is 20.3. The van der Waals surface area contributed by atoms with Crippen LogP contribution in [0, 0.1) is 0 Å². The summed E-state index contributed by atoms with van der Waals surface area (Å²) >= 11 is 0. The standard InChI is InChI=1S/C23H26N4O2/c1-5-29-19-14-10-9-13-17(19)25-22(28)18-15-20(27-23(2,3)4)26-21(24-18)16-11-7-6-8-12-16/h6-15H,5H2,1-4H3,(H,25,28)(H,24,26,27). The number of ether oxygens (including phenoxy) is 1. The molecule has 0 radical (unpaired) electrons. The number of para-hydroxylation sites is 2. The maximum atomic E-state index is 13.0. The van der Waals surface area contributed by atoms with Gasteiger partial charge in [0.15, 0.2) is 5.82 Å². The van der Waals surface area contributed by atoms with Crippen molar-refractivity contribution in [3.63, 3.8) is 0 Å². The van der Waals surface area contributed by atoms with Crippen LogP contribution in [0.15, 0.2) is 60.7 Å². The Morgan fingerprint density at radius 1 is 1.00 bits per heavy atom. The Balaban J connectivity index is 1.97. The van der Waals surface area contributed by atoms with E-state index in [1.54, 1.807) is 12.1 Å². The molecule has 1 amide bonds. The molecule has 0 saturated heterocycles. The lowest BCUT2D eigenvalue weighted by Gasteiger charge is -2.22. The largest absolute Gasteiger partial charge is 0.492 e. The second-order valence-electron chi connectivity index (χ2n) is 7.59. The van der Waals surface area contributed by atoms with E-state index in [0.717, 1.165) is 5.56 Å². The number of amides is 1. The number of nitrogens with zero attached hydrogens (tertiary/aromatic N) is 2. The smallest absolute Gasteiger partial charge is 0.274 e. The third-order valence-corrected chi connectivity index (χ3v) is 3.93. The van der Waals surface area contributed by atoms with Crippen LogP contribution in [-0.2, 0) is 0 Å². The summed E-state index contributed by atoms with van der Waals surface area (Å²) in [7, 11) is 0. The summed E-state index contributed by atoms with van der Waals surface area (Å²) in [5.74, 6) is 1.38. The lowest BCUT2D eigenvalue weighted by molar-refractivity contribution is 0.102. The number of rotatable bonds is 6. The van der Waals surface area contributed by atoms with E-state index in [2.05, 4.69) is 20.6 Å². The van der Waals surface area contributed by atoms with Gasteiger partial charge in [0.25, 0.3) is 5.91 Å². The summed E-state index contributed by atoms with van der Waals surface area (Å²) in [4.78, 5) is 22.1.